The number of alkyl halides is 1. The maximum Gasteiger partial charge on any atom is 0.255 e. The molecule has 2 heterocycles. The van der Waals surface area contributed by atoms with E-state index in [0.717, 1.165) is 11.1 Å². The van der Waals surface area contributed by atoms with Gasteiger partial charge in [-0.15, -0.1) is 0 Å². The molecule has 3 rings (SSSR count). The first-order valence-corrected chi connectivity index (χ1v) is 9.59. The smallest absolute Gasteiger partial charge is 0.255 e. The second-order valence-corrected chi connectivity index (χ2v) is 8.01. The normalized spacial score (nSPS) is 16.5. The lowest BCUT2D eigenvalue weighted by molar-refractivity contribution is 0.0715. The van der Waals surface area contributed by atoms with Gasteiger partial charge in [0.1, 0.15) is 11.6 Å². The summed E-state index contributed by atoms with van der Waals surface area (Å²) in [5.74, 6) is 0.0536. The predicted octanol–water partition coefficient (Wildman–Crippen LogP) is 5.79. The lowest BCUT2D eigenvalue weighted by Crippen LogP contribution is -2.28. The number of amides is 1. The fourth-order valence-electron chi connectivity index (χ4n) is 2.91. The molecule has 0 fully saturated rings. The third kappa shape index (κ3) is 3.87. The third-order valence-corrected chi connectivity index (χ3v) is 5.71. The Morgan fingerprint density at radius 3 is 2.75 bits per heavy atom. The van der Waals surface area contributed by atoms with Crippen molar-refractivity contribution in [2.45, 2.75) is 39.0 Å². The number of ether oxygens (including phenoxy) is 1. The summed E-state index contributed by atoms with van der Waals surface area (Å²) < 4.78 is 19.7. The Kier molecular flexibility index (Phi) is 5.69. The van der Waals surface area contributed by atoms with Crippen molar-refractivity contribution >= 4 is 29.1 Å². The average Bonchev–Trinajstić information content (AvgIpc) is 2.98. The molecule has 148 valence electrons. The Morgan fingerprint density at radius 2 is 2.14 bits per heavy atom. The SMILES string of the molecule is C=C(C)C(C)(F)COc1ncc(C(C)N2Cc3c(Cl)cccc3C2=O)cc1Cl. The van der Waals surface area contributed by atoms with Gasteiger partial charge in [0.2, 0.25) is 5.88 Å². The third-order valence-electron chi connectivity index (χ3n) is 5.09. The molecule has 2 atom stereocenters. The molecule has 0 bridgehead atoms. The molecule has 2 unspecified atom stereocenters. The molecular weight excluding hydrogens is 402 g/mol. The molecule has 28 heavy (non-hydrogen) atoms. The summed E-state index contributed by atoms with van der Waals surface area (Å²) in [4.78, 5) is 18.7. The van der Waals surface area contributed by atoms with Gasteiger partial charge in [-0.05, 0) is 50.1 Å². The molecular formula is C21H21Cl2FN2O2. The van der Waals surface area contributed by atoms with Crippen molar-refractivity contribution in [1.29, 1.82) is 0 Å². The van der Waals surface area contributed by atoms with E-state index in [9.17, 15) is 9.18 Å². The van der Waals surface area contributed by atoms with Gasteiger partial charge in [-0.2, -0.15) is 0 Å². The highest BCUT2D eigenvalue weighted by Gasteiger charge is 2.33. The van der Waals surface area contributed by atoms with Crippen LogP contribution in [0.5, 0.6) is 5.88 Å². The number of nitrogens with zero attached hydrogens (tertiary/aromatic N) is 2. The summed E-state index contributed by atoms with van der Waals surface area (Å²) in [5.41, 5.74) is 0.865. The Labute approximate surface area is 173 Å². The van der Waals surface area contributed by atoms with Crippen LogP contribution in [0.2, 0.25) is 10.0 Å². The summed E-state index contributed by atoms with van der Waals surface area (Å²) in [6, 6.07) is 6.73. The fraction of sp³-hybridized carbons (Fsp3) is 0.333. The Hall–Kier alpha value is -2.11. The van der Waals surface area contributed by atoms with Crippen LogP contribution in [0.4, 0.5) is 4.39 Å². The van der Waals surface area contributed by atoms with Crippen molar-refractivity contribution in [2.24, 2.45) is 0 Å². The fourth-order valence-corrected chi connectivity index (χ4v) is 3.37. The summed E-state index contributed by atoms with van der Waals surface area (Å²) in [7, 11) is 0. The van der Waals surface area contributed by atoms with Crippen LogP contribution in [0.25, 0.3) is 0 Å². The number of halogens is 3. The van der Waals surface area contributed by atoms with Crippen molar-refractivity contribution < 1.29 is 13.9 Å². The molecule has 0 aliphatic carbocycles. The van der Waals surface area contributed by atoms with E-state index in [2.05, 4.69) is 11.6 Å². The van der Waals surface area contributed by atoms with E-state index >= 15 is 0 Å². The molecule has 7 heteroatoms. The number of carbonyl (C=O) groups excluding carboxylic acids is 1. The topological polar surface area (TPSA) is 42.4 Å². The molecule has 4 nitrogen and oxygen atoms in total. The van der Waals surface area contributed by atoms with Gasteiger partial charge in [0.25, 0.3) is 5.91 Å². The summed E-state index contributed by atoms with van der Waals surface area (Å²) >= 11 is 12.5. The number of hydrogen-bond acceptors (Lipinski definition) is 3. The van der Waals surface area contributed by atoms with Gasteiger partial charge in [-0.25, -0.2) is 9.37 Å². The van der Waals surface area contributed by atoms with E-state index in [4.69, 9.17) is 27.9 Å². The first kappa shape index (κ1) is 20.6. The van der Waals surface area contributed by atoms with E-state index in [0.29, 0.717) is 22.7 Å². The molecule has 1 aromatic carbocycles. The minimum atomic E-state index is -1.68. The molecule has 0 saturated heterocycles. The first-order chi connectivity index (χ1) is 13.1. The standard InChI is InChI=1S/C21H21Cl2FN2O2/c1-12(2)21(4,24)11-28-19-18(23)8-14(9-25-19)13(3)26-10-16-15(20(26)27)6-5-7-17(16)22/h5-9,13H,1,10-11H2,2-4H3. The number of aromatic nitrogens is 1. The molecule has 1 aromatic heterocycles. The lowest BCUT2D eigenvalue weighted by Gasteiger charge is -2.25. The van der Waals surface area contributed by atoms with Crippen LogP contribution in [0, 0.1) is 0 Å². The largest absolute Gasteiger partial charge is 0.473 e. The minimum Gasteiger partial charge on any atom is -0.473 e. The van der Waals surface area contributed by atoms with Crippen LogP contribution < -0.4 is 4.74 Å². The number of fused-ring (bicyclic) bond motifs is 1. The highest BCUT2D eigenvalue weighted by molar-refractivity contribution is 6.32. The molecule has 1 amide bonds. The van der Waals surface area contributed by atoms with Crippen LogP contribution in [0.3, 0.4) is 0 Å². The Balaban J connectivity index is 1.76. The van der Waals surface area contributed by atoms with Crippen molar-refractivity contribution in [3.8, 4) is 5.88 Å². The van der Waals surface area contributed by atoms with Crippen molar-refractivity contribution in [2.75, 3.05) is 6.61 Å². The first-order valence-electron chi connectivity index (χ1n) is 8.83. The number of pyridine rings is 1. The van der Waals surface area contributed by atoms with Gasteiger partial charge in [-0.3, -0.25) is 4.79 Å². The quantitative estimate of drug-likeness (QED) is 0.553. The van der Waals surface area contributed by atoms with Crippen molar-refractivity contribution in [3.05, 3.63) is 69.3 Å². The zero-order valence-electron chi connectivity index (χ0n) is 15.9. The summed E-state index contributed by atoms with van der Waals surface area (Å²) in [6.45, 7) is 8.69. The molecule has 0 radical (unpaired) electrons. The highest BCUT2D eigenvalue weighted by Crippen LogP contribution is 2.36. The molecule has 0 saturated carbocycles. The van der Waals surface area contributed by atoms with Gasteiger partial charge in [0.05, 0.1) is 6.04 Å². The van der Waals surface area contributed by atoms with E-state index in [1.165, 1.54) is 6.92 Å². The van der Waals surface area contributed by atoms with Gasteiger partial charge in [-0.1, -0.05) is 35.8 Å². The predicted molar refractivity (Wildman–Crippen MR) is 109 cm³/mol. The van der Waals surface area contributed by atoms with Crippen LogP contribution >= 0.6 is 23.2 Å². The second kappa shape index (κ2) is 7.72. The summed E-state index contributed by atoms with van der Waals surface area (Å²) in [5, 5.41) is 0.830. The van der Waals surface area contributed by atoms with Gasteiger partial charge in [0.15, 0.2) is 5.67 Å². The van der Waals surface area contributed by atoms with E-state index in [1.54, 1.807) is 42.3 Å². The molecule has 0 spiro atoms. The van der Waals surface area contributed by atoms with E-state index in [-0.39, 0.29) is 29.5 Å². The zero-order chi connectivity index (χ0) is 20.6. The number of rotatable bonds is 6. The van der Waals surface area contributed by atoms with Gasteiger partial charge in [0, 0.05) is 28.9 Å². The maximum atomic E-state index is 14.3. The molecule has 0 N–H and O–H groups in total. The molecule has 1 aliphatic heterocycles. The van der Waals surface area contributed by atoms with Crippen LogP contribution in [-0.4, -0.2) is 28.1 Å². The second-order valence-electron chi connectivity index (χ2n) is 7.20. The van der Waals surface area contributed by atoms with E-state index < -0.39 is 5.67 Å². The van der Waals surface area contributed by atoms with Crippen molar-refractivity contribution in [3.63, 3.8) is 0 Å². The zero-order valence-corrected chi connectivity index (χ0v) is 17.4. The lowest BCUT2D eigenvalue weighted by atomic mass is 10.0. The molecule has 2 aromatic rings. The average molecular weight is 423 g/mol. The Bertz CT molecular complexity index is 946. The monoisotopic (exact) mass is 422 g/mol. The maximum absolute atomic E-state index is 14.3. The Morgan fingerprint density at radius 1 is 1.43 bits per heavy atom. The van der Waals surface area contributed by atoms with Gasteiger partial charge < -0.3 is 9.64 Å². The minimum absolute atomic E-state index is 0.0869. The molecule has 1 aliphatic rings. The number of hydrogen-bond donors (Lipinski definition) is 0. The summed E-state index contributed by atoms with van der Waals surface area (Å²) in [6.07, 6.45) is 1.58. The van der Waals surface area contributed by atoms with Crippen LogP contribution in [0.15, 0.2) is 42.6 Å². The number of carbonyl (C=O) groups is 1. The number of benzene rings is 1. The van der Waals surface area contributed by atoms with Crippen molar-refractivity contribution in [1.82, 2.24) is 9.88 Å². The van der Waals surface area contributed by atoms with Crippen LogP contribution in [-0.2, 0) is 6.54 Å². The van der Waals surface area contributed by atoms with Crippen LogP contribution in [0.1, 0.15) is 48.3 Å². The highest BCUT2D eigenvalue weighted by atomic mass is 35.5. The van der Waals surface area contributed by atoms with E-state index in [1.807, 2.05) is 6.92 Å². The van der Waals surface area contributed by atoms with Gasteiger partial charge >= 0.3 is 0 Å².